The summed E-state index contributed by atoms with van der Waals surface area (Å²) in [5.41, 5.74) is 0.412. The van der Waals surface area contributed by atoms with Gasteiger partial charge in [0.2, 0.25) is 0 Å². The molecule has 1 aliphatic carbocycles. The third-order valence-corrected chi connectivity index (χ3v) is 3.50. The summed E-state index contributed by atoms with van der Waals surface area (Å²) in [6.07, 6.45) is -0.288. The molecule has 2 heterocycles. The van der Waals surface area contributed by atoms with Crippen LogP contribution in [-0.4, -0.2) is 21.8 Å². The van der Waals surface area contributed by atoms with E-state index in [1.165, 1.54) is 24.2 Å². The molecule has 0 aromatic carbocycles. The molecular weight excluding hydrogens is 276 g/mol. The van der Waals surface area contributed by atoms with Crippen LogP contribution < -0.4 is 0 Å². The van der Waals surface area contributed by atoms with E-state index >= 15 is 0 Å². The van der Waals surface area contributed by atoms with Gasteiger partial charge in [-0.3, -0.25) is 0 Å². The van der Waals surface area contributed by atoms with Crippen LogP contribution in [0.5, 0.6) is 0 Å². The summed E-state index contributed by atoms with van der Waals surface area (Å²) >= 11 is 1.38. The van der Waals surface area contributed by atoms with Crippen LogP contribution in [-0.2, 0) is 11.3 Å². The monoisotopic (exact) mass is 287 g/mol. The Morgan fingerprint density at radius 2 is 2.26 bits per heavy atom. The largest absolute Gasteiger partial charge is 0.414 e. The molecule has 0 spiro atoms. The van der Waals surface area contributed by atoms with Gasteiger partial charge in [-0.05, 0) is 18.8 Å². The predicted molar refractivity (Wildman–Crippen MR) is 62.7 cm³/mol. The summed E-state index contributed by atoms with van der Waals surface area (Å²) < 4.78 is 35.0. The van der Waals surface area contributed by atoms with Crippen molar-refractivity contribution in [2.45, 2.75) is 25.9 Å². The Kier molecular flexibility index (Phi) is 3.52. The van der Waals surface area contributed by atoms with Crippen LogP contribution in [0, 0.1) is 5.92 Å². The minimum Gasteiger partial charge on any atom is -0.414 e. The second-order valence-electron chi connectivity index (χ2n) is 4.33. The number of hydrogen-bond donors (Lipinski definition) is 0. The zero-order chi connectivity index (χ0) is 13.2. The van der Waals surface area contributed by atoms with Crippen molar-refractivity contribution < 1.29 is 17.9 Å². The second kappa shape index (κ2) is 5.30. The molecule has 0 aliphatic heterocycles. The first-order valence-electron chi connectivity index (χ1n) is 5.86. The lowest BCUT2D eigenvalue weighted by atomic mass is 10.5. The molecule has 102 valence electrons. The smallest absolute Gasteiger partial charge is 0.314 e. The molecule has 19 heavy (non-hydrogen) atoms. The average molecular weight is 287 g/mol. The summed E-state index contributed by atoms with van der Waals surface area (Å²) in [5, 5.41) is 9.27. The molecule has 8 heteroatoms. The van der Waals surface area contributed by atoms with Gasteiger partial charge in [0.25, 0.3) is 11.8 Å². The van der Waals surface area contributed by atoms with Crippen LogP contribution in [0.25, 0.3) is 11.6 Å². The first-order valence-corrected chi connectivity index (χ1v) is 6.74. The van der Waals surface area contributed by atoms with Crippen LogP contribution in [0.3, 0.4) is 0 Å². The molecule has 1 fully saturated rings. The highest BCUT2D eigenvalue weighted by Gasteiger charge is 2.22. The fourth-order valence-electron chi connectivity index (χ4n) is 1.50. The molecular formula is C11H11F2N3O2S. The van der Waals surface area contributed by atoms with Crippen molar-refractivity contribution >= 4 is 11.3 Å². The fraction of sp³-hybridized carbons (Fsp3) is 0.545. The molecule has 3 rings (SSSR count). The van der Waals surface area contributed by atoms with Gasteiger partial charge >= 0.3 is 6.43 Å². The molecule has 0 N–H and O–H groups in total. The molecule has 1 aliphatic rings. The Morgan fingerprint density at radius 1 is 1.42 bits per heavy atom. The first-order chi connectivity index (χ1) is 9.22. The van der Waals surface area contributed by atoms with Gasteiger partial charge in [0.15, 0.2) is 0 Å². The van der Waals surface area contributed by atoms with Gasteiger partial charge in [0.05, 0.1) is 6.61 Å². The van der Waals surface area contributed by atoms with Crippen LogP contribution in [0.2, 0.25) is 0 Å². The third-order valence-electron chi connectivity index (χ3n) is 2.67. The van der Waals surface area contributed by atoms with Crippen LogP contribution >= 0.6 is 11.3 Å². The Morgan fingerprint density at radius 3 is 2.95 bits per heavy atom. The number of nitrogens with zero attached hydrogens (tertiary/aromatic N) is 3. The fourth-order valence-corrected chi connectivity index (χ4v) is 2.20. The second-order valence-corrected chi connectivity index (χ2v) is 5.27. The van der Waals surface area contributed by atoms with Gasteiger partial charge in [0.1, 0.15) is 10.7 Å². The Hall–Kier alpha value is -1.41. The number of halogens is 2. The maximum atomic E-state index is 12.3. The minimum absolute atomic E-state index is 0.0139. The molecule has 0 amide bonds. The summed E-state index contributed by atoms with van der Waals surface area (Å²) in [6.45, 7) is 1.18. The van der Waals surface area contributed by atoms with Crippen molar-refractivity contribution in [3.63, 3.8) is 0 Å². The van der Waals surface area contributed by atoms with E-state index < -0.39 is 12.3 Å². The SMILES string of the molecule is FC(F)c1nnc(-c2csc(COCC3CC3)n2)o1. The number of ether oxygens (including phenoxy) is 1. The highest BCUT2D eigenvalue weighted by atomic mass is 32.1. The number of rotatable bonds is 6. The van der Waals surface area contributed by atoms with Gasteiger partial charge in [0, 0.05) is 12.0 Å². The maximum Gasteiger partial charge on any atom is 0.314 e. The molecule has 0 saturated heterocycles. The zero-order valence-electron chi connectivity index (χ0n) is 9.88. The summed E-state index contributed by atoms with van der Waals surface area (Å²) in [7, 11) is 0. The average Bonchev–Trinajstić information content (AvgIpc) is 2.92. The highest BCUT2D eigenvalue weighted by molar-refractivity contribution is 7.09. The standard InChI is InChI=1S/C11H11F2N3O2S/c12-9(13)11-16-15-10(18-11)7-5-19-8(14-7)4-17-3-6-1-2-6/h5-6,9H,1-4H2. The van der Waals surface area contributed by atoms with Crippen LogP contribution in [0.4, 0.5) is 8.78 Å². The van der Waals surface area contributed by atoms with Crippen LogP contribution in [0.15, 0.2) is 9.80 Å². The Labute approximate surface area is 111 Å². The van der Waals surface area contributed by atoms with Crippen molar-refractivity contribution in [2.24, 2.45) is 5.92 Å². The molecule has 2 aromatic rings. The van der Waals surface area contributed by atoms with E-state index in [1.54, 1.807) is 5.38 Å². The van der Waals surface area contributed by atoms with E-state index in [0.717, 1.165) is 11.6 Å². The van der Waals surface area contributed by atoms with E-state index in [0.29, 0.717) is 18.2 Å². The van der Waals surface area contributed by atoms with Gasteiger partial charge in [-0.1, -0.05) is 0 Å². The molecule has 5 nitrogen and oxygen atoms in total. The maximum absolute atomic E-state index is 12.3. The topological polar surface area (TPSA) is 61.0 Å². The van der Waals surface area contributed by atoms with E-state index in [4.69, 9.17) is 9.15 Å². The van der Waals surface area contributed by atoms with Crippen molar-refractivity contribution in [1.82, 2.24) is 15.2 Å². The van der Waals surface area contributed by atoms with Crippen molar-refractivity contribution in [2.75, 3.05) is 6.61 Å². The minimum atomic E-state index is -2.76. The van der Waals surface area contributed by atoms with E-state index in [-0.39, 0.29) is 5.89 Å². The number of thiazole rings is 1. The normalized spacial score (nSPS) is 15.3. The van der Waals surface area contributed by atoms with Crippen molar-refractivity contribution in [3.05, 3.63) is 16.3 Å². The summed E-state index contributed by atoms with van der Waals surface area (Å²) in [4.78, 5) is 4.22. The van der Waals surface area contributed by atoms with Gasteiger partial charge < -0.3 is 9.15 Å². The Balaban J connectivity index is 1.62. The van der Waals surface area contributed by atoms with Crippen LogP contribution in [0.1, 0.15) is 30.2 Å². The summed E-state index contributed by atoms with van der Waals surface area (Å²) in [6, 6.07) is 0. The molecule has 1 saturated carbocycles. The molecule has 2 aromatic heterocycles. The number of hydrogen-bond acceptors (Lipinski definition) is 6. The molecule has 0 atom stereocenters. The lowest BCUT2D eigenvalue weighted by Crippen LogP contribution is -1.96. The first kappa shape index (κ1) is 12.6. The predicted octanol–water partition coefficient (Wildman–Crippen LogP) is 3.06. The molecule has 0 unspecified atom stereocenters. The zero-order valence-corrected chi connectivity index (χ0v) is 10.7. The van der Waals surface area contributed by atoms with Gasteiger partial charge in [-0.25, -0.2) is 4.98 Å². The molecule has 0 bridgehead atoms. The number of alkyl halides is 2. The third kappa shape index (κ3) is 3.13. The summed E-state index contributed by atoms with van der Waals surface area (Å²) in [5.74, 6) is 0.0264. The number of aromatic nitrogens is 3. The highest BCUT2D eigenvalue weighted by Crippen LogP contribution is 2.29. The van der Waals surface area contributed by atoms with E-state index in [1.807, 2.05) is 0 Å². The van der Waals surface area contributed by atoms with E-state index in [9.17, 15) is 8.78 Å². The molecule has 0 radical (unpaired) electrons. The Bertz CT molecular complexity index is 554. The lowest BCUT2D eigenvalue weighted by Gasteiger charge is -1.98. The van der Waals surface area contributed by atoms with Gasteiger partial charge in [-0.15, -0.1) is 21.5 Å². The van der Waals surface area contributed by atoms with Gasteiger partial charge in [-0.2, -0.15) is 8.78 Å². The van der Waals surface area contributed by atoms with Crippen molar-refractivity contribution in [1.29, 1.82) is 0 Å². The van der Waals surface area contributed by atoms with Crippen molar-refractivity contribution in [3.8, 4) is 11.6 Å². The quantitative estimate of drug-likeness (QED) is 0.817. The van der Waals surface area contributed by atoms with E-state index in [2.05, 4.69) is 15.2 Å². The lowest BCUT2D eigenvalue weighted by molar-refractivity contribution is 0.111.